The molecule has 0 N–H and O–H groups in total. The third-order valence-electron chi connectivity index (χ3n) is 24.3. The van der Waals surface area contributed by atoms with E-state index in [2.05, 4.69) is 118 Å². The topological polar surface area (TPSA) is 265 Å². The number of nitrogens with zero attached hydrogens (tertiary/aromatic N) is 12. The number of hydrogen-bond donors (Lipinski definition) is 0. The molecule has 1 aliphatic heterocycles. The Morgan fingerprint density at radius 3 is 0.507 bits per heavy atom. The standard InChI is InChI=1S/C104H140N12O12Si8/c1-129(2,121-65-41-17-13-37-61-117-85-77-97(89-45-21-29-53-105-89)113-98(78-85)90-46-22-30-54-106-90)69-73-133(9)125-134(10,74-70-130(3,4)122-66-42-18-14-38-62-118-86-79-99(91-47-23-31-55-107-91)114-100(80-86)92-48-24-32-56-108-92)127-136(12,76-72-132(7,8)124-68-44-20-16-40-64-120-88-83-103(95-51-27-35-59-111-95)116-104(84-88)96-52-28-36-60-112-96)128-135(11,126-133)75-71-131(5,6)123-67-43-19-15-39-63-119-87-81-101(93-49-25-33-57-109-93)115-102(82-87)94-50-26-34-58-110-94/h21-36,45-60,77-84H,13-20,37-44,61-76H2,1-12H3. The SMILES string of the molecule is C[Si](C)(CC[Si]1(C)O[Si](C)(CC[Si](C)(C)OCCCCCCOc2cc(-c3ccccn3)nc(-c3ccccn3)c2)O[Si](C)(CC[Si](C)(C)OCCCCCCOc2cc(-c3ccccn3)nc(-c3ccccn3)c2)O[Si](C)(CC[Si](C)(C)OCCCCCCOc2cc(-c3ccccn3)nc(-c3ccccn3)c2)O1)OCCCCCCOc1cc(-c2ccccn2)nc(-c2ccccn2)c1. The fourth-order valence-corrected chi connectivity index (χ4v) is 56.9. The molecule has 0 unspecified atom stereocenters. The summed E-state index contributed by atoms with van der Waals surface area (Å²) < 4.78 is 86.3. The highest BCUT2D eigenvalue weighted by atomic mass is 28.5. The van der Waals surface area contributed by atoms with Gasteiger partial charge in [-0.25, -0.2) is 19.9 Å². The van der Waals surface area contributed by atoms with E-state index >= 15 is 0 Å². The molecular weight excluding hydrogens is 1830 g/mol. The van der Waals surface area contributed by atoms with Gasteiger partial charge in [0.15, 0.2) is 33.3 Å². The van der Waals surface area contributed by atoms with Crippen LogP contribution in [0.4, 0.5) is 0 Å². The Labute approximate surface area is 815 Å². The van der Waals surface area contributed by atoms with E-state index in [-0.39, 0.29) is 0 Å². The Kier molecular flexibility index (Phi) is 39.2. The van der Waals surface area contributed by atoms with Gasteiger partial charge in [-0.2, -0.15) is 0 Å². The van der Waals surface area contributed by atoms with Crippen LogP contribution in [0.15, 0.2) is 244 Å². The maximum absolute atomic E-state index is 8.08. The smallest absolute Gasteiger partial charge is 0.317 e. The Morgan fingerprint density at radius 2 is 0.360 bits per heavy atom. The van der Waals surface area contributed by atoms with Crippen molar-refractivity contribution in [2.24, 2.45) is 0 Å². The normalized spacial score (nSPS) is 17.1. The number of unbranched alkanes of at least 4 members (excludes halogenated alkanes) is 12. The van der Waals surface area contributed by atoms with Crippen LogP contribution in [0.2, 0.25) is 127 Å². The lowest BCUT2D eigenvalue weighted by Gasteiger charge is -2.51. The molecule has 12 aromatic rings. The molecule has 0 aliphatic carbocycles. The van der Waals surface area contributed by atoms with Crippen LogP contribution in [0.5, 0.6) is 23.0 Å². The second-order valence-electron chi connectivity index (χ2n) is 38.4. The Hall–Kier alpha value is -9.58. The van der Waals surface area contributed by atoms with E-state index in [1.54, 1.807) is 49.6 Å². The number of hydrogen-bond acceptors (Lipinski definition) is 24. The van der Waals surface area contributed by atoms with Gasteiger partial charge in [0.1, 0.15) is 23.0 Å². The van der Waals surface area contributed by atoms with Crippen LogP contribution in [0, 0.1) is 0 Å². The van der Waals surface area contributed by atoms with Crippen molar-refractivity contribution in [2.45, 2.75) is 230 Å². The summed E-state index contributed by atoms with van der Waals surface area (Å²) in [6, 6.07) is 69.3. The lowest BCUT2D eigenvalue weighted by atomic mass is 10.2. The Morgan fingerprint density at radius 1 is 0.206 bits per heavy atom. The van der Waals surface area contributed by atoms with Gasteiger partial charge >= 0.3 is 34.2 Å². The third-order valence-corrected chi connectivity index (χ3v) is 54.5. The molecule has 0 radical (unpaired) electrons. The quantitative estimate of drug-likeness (QED) is 0.0253. The first-order chi connectivity index (χ1) is 65.7. The molecule has 0 saturated carbocycles. The van der Waals surface area contributed by atoms with Crippen LogP contribution in [0.1, 0.15) is 103 Å². The maximum Gasteiger partial charge on any atom is 0.317 e. The molecule has 136 heavy (non-hydrogen) atoms. The molecule has 0 amide bonds. The van der Waals surface area contributed by atoms with Crippen molar-refractivity contribution < 1.29 is 53.1 Å². The summed E-state index contributed by atoms with van der Waals surface area (Å²) in [7, 11) is -21.7. The second kappa shape index (κ2) is 51.4. The van der Waals surface area contributed by atoms with E-state index in [9.17, 15) is 0 Å². The highest BCUT2D eigenvalue weighted by molar-refractivity contribution is 6.95. The largest absolute Gasteiger partial charge is 0.493 e. The zero-order chi connectivity index (χ0) is 95.4. The van der Waals surface area contributed by atoms with Gasteiger partial charge in [0.2, 0.25) is 0 Å². The summed E-state index contributed by atoms with van der Waals surface area (Å²) >= 11 is 0. The van der Waals surface area contributed by atoms with Crippen molar-refractivity contribution in [3.05, 3.63) is 244 Å². The lowest BCUT2D eigenvalue weighted by molar-refractivity contribution is 0.221. The molecule has 12 aromatic heterocycles. The van der Waals surface area contributed by atoms with Gasteiger partial charge < -0.3 is 53.1 Å². The molecule has 32 heteroatoms. The number of rotatable bonds is 56. The number of ether oxygens (including phenoxy) is 4. The maximum atomic E-state index is 8.08. The molecule has 0 bridgehead atoms. The van der Waals surface area contributed by atoms with Crippen molar-refractivity contribution in [1.82, 2.24) is 59.8 Å². The summed E-state index contributed by atoms with van der Waals surface area (Å²) in [6.45, 7) is 33.4. The van der Waals surface area contributed by atoms with E-state index in [4.69, 9.17) is 73.0 Å². The summed E-state index contributed by atoms with van der Waals surface area (Å²) in [6.07, 6.45) is 30.0. The average Bonchev–Trinajstić information content (AvgIpc) is 0.757. The van der Waals surface area contributed by atoms with Crippen LogP contribution >= 0.6 is 0 Å². The van der Waals surface area contributed by atoms with Crippen molar-refractivity contribution in [3.8, 4) is 114 Å². The fourth-order valence-electron chi connectivity index (χ4n) is 16.6. The van der Waals surface area contributed by atoms with Gasteiger partial charge in [0.05, 0.1) is 118 Å². The molecular formula is C104H140N12O12Si8. The molecule has 1 saturated heterocycles. The van der Waals surface area contributed by atoms with Crippen molar-refractivity contribution in [2.75, 3.05) is 52.9 Å². The van der Waals surface area contributed by atoms with Gasteiger partial charge in [0.25, 0.3) is 0 Å². The zero-order valence-electron chi connectivity index (χ0n) is 82.0. The van der Waals surface area contributed by atoms with Gasteiger partial charge in [0, 0.05) is 125 Å². The predicted molar refractivity (Wildman–Crippen MR) is 562 cm³/mol. The molecule has 13 heterocycles. The van der Waals surface area contributed by atoms with Gasteiger partial charge in [-0.05, 0) is 301 Å². The van der Waals surface area contributed by atoms with Crippen molar-refractivity contribution >= 4 is 67.5 Å². The average molecular weight is 1980 g/mol. The number of pyridine rings is 12. The van der Waals surface area contributed by atoms with Crippen LogP contribution in [-0.4, -0.2) is 180 Å². The molecule has 0 spiro atoms. The monoisotopic (exact) mass is 1970 g/mol. The summed E-state index contributed by atoms with van der Waals surface area (Å²) in [5.74, 6) is 3.01. The number of aromatic nitrogens is 12. The molecule has 1 fully saturated rings. The van der Waals surface area contributed by atoms with E-state index in [0.717, 1.165) is 265 Å². The summed E-state index contributed by atoms with van der Waals surface area (Å²) in [4.78, 5) is 56.4. The first kappa shape index (κ1) is 104. The van der Waals surface area contributed by atoms with E-state index in [1.165, 1.54) is 0 Å². The van der Waals surface area contributed by atoms with Gasteiger partial charge in [-0.15, -0.1) is 0 Å². The second-order valence-corrected chi connectivity index (χ2v) is 70.0. The lowest BCUT2D eigenvalue weighted by Crippen LogP contribution is -2.68. The molecule has 0 atom stereocenters. The minimum atomic E-state index is -3.15. The Balaban J connectivity index is 0.651. The highest BCUT2D eigenvalue weighted by Crippen LogP contribution is 2.43. The van der Waals surface area contributed by atoms with Crippen LogP contribution in [-0.2, 0) is 34.2 Å². The molecule has 24 nitrogen and oxygen atoms in total. The molecule has 1 aliphatic rings. The summed E-state index contributed by atoms with van der Waals surface area (Å²) in [5, 5.41) is 0. The van der Waals surface area contributed by atoms with E-state index < -0.39 is 67.5 Å². The first-order valence-electron chi connectivity index (χ1n) is 49.0. The minimum Gasteiger partial charge on any atom is -0.493 e. The van der Waals surface area contributed by atoms with E-state index in [1.807, 2.05) is 194 Å². The molecule has 13 rings (SSSR count). The minimum absolute atomic E-state index is 0.584. The zero-order valence-corrected chi connectivity index (χ0v) is 90.0. The summed E-state index contributed by atoms with van der Waals surface area (Å²) in [5.41, 5.74) is 12.3. The van der Waals surface area contributed by atoms with Crippen LogP contribution < -0.4 is 18.9 Å². The molecule has 0 aromatic carbocycles. The van der Waals surface area contributed by atoms with Gasteiger partial charge in [-0.3, -0.25) is 39.9 Å². The Bertz CT molecular complexity index is 4650. The molecule has 720 valence electrons. The fraction of sp³-hybridized carbons (Fsp3) is 0.423. The van der Waals surface area contributed by atoms with Crippen LogP contribution in [0.3, 0.4) is 0 Å². The first-order valence-corrected chi connectivity index (χ1v) is 71.5. The van der Waals surface area contributed by atoms with Crippen molar-refractivity contribution in [1.29, 1.82) is 0 Å². The highest BCUT2D eigenvalue weighted by Gasteiger charge is 2.58. The van der Waals surface area contributed by atoms with Gasteiger partial charge in [-0.1, -0.05) is 74.2 Å². The van der Waals surface area contributed by atoms with E-state index in [0.29, 0.717) is 52.9 Å². The van der Waals surface area contributed by atoms with Crippen LogP contribution in [0.25, 0.3) is 91.1 Å². The third kappa shape index (κ3) is 34.5. The van der Waals surface area contributed by atoms with Crippen molar-refractivity contribution in [3.63, 3.8) is 0 Å². The predicted octanol–water partition coefficient (Wildman–Crippen LogP) is 25.9.